The third-order valence-electron chi connectivity index (χ3n) is 2.30. The van der Waals surface area contributed by atoms with Crippen molar-refractivity contribution in [3.05, 3.63) is 34.3 Å². The fourth-order valence-electron chi connectivity index (χ4n) is 1.30. The first-order valence-electron chi connectivity index (χ1n) is 4.73. The van der Waals surface area contributed by atoms with Crippen LogP contribution in [0.5, 0.6) is 0 Å². The number of aliphatic hydroxyl groups is 2. The SMILES string of the molecule is OCC(CO)CCc1ccccc1Br. The number of aryl methyl sites for hydroxylation is 1. The molecular weight excluding hydrogens is 244 g/mol. The van der Waals surface area contributed by atoms with Gasteiger partial charge in [0.1, 0.15) is 0 Å². The van der Waals surface area contributed by atoms with E-state index in [9.17, 15) is 0 Å². The first-order valence-corrected chi connectivity index (χ1v) is 5.52. The van der Waals surface area contributed by atoms with Crippen molar-refractivity contribution in [1.29, 1.82) is 0 Å². The van der Waals surface area contributed by atoms with Gasteiger partial charge in [-0.05, 0) is 24.5 Å². The molecule has 2 nitrogen and oxygen atoms in total. The van der Waals surface area contributed by atoms with E-state index in [4.69, 9.17) is 10.2 Å². The summed E-state index contributed by atoms with van der Waals surface area (Å²) in [6.45, 7) is 0.113. The molecule has 0 fully saturated rings. The van der Waals surface area contributed by atoms with Gasteiger partial charge in [0.25, 0.3) is 0 Å². The van der Waals surface area contributed by atoms with Crippen LogP contribution in [0, 0.1) is 5.92 Å². The minimum absolute atomic E-state index is 0.00195. The summed E-state index contributed by atoms with van der Waals surface area (Å²) in [6, 6.07) is 8.02. The van der Waals surface area contributed by atoms with Crippen molar-refractivity contribution in [3.8, 4) is 0 Å². The second-order valence-corrected chi connectivity index (χ2v) is 4.22. The van der Waals surface area contributed by atoms with Gasteiger partial charge in [-0.3, -0.25) is 0 Å². The van der Waals surface area contributed by atoms with Gasteiger partial charge in [-0.25, -0.2) is 0 Å². The molecule has 2 N–H and O–H groups in total. The summed E-state index contributed by atoms with van der Waals surface area (Å²) in [7, 11) is 0. The normalized spacial score (nSPS) is 10.9. The highest BCUT2D eigenvalue weighted by molar-refractivity contribution is 9.10. The molecule has 0 bridgehead atoms. The highest BCUT2D eigenvalue weighted by Crippen LogP contribution is 2.19. The third kappa shape index (κ3) is 3.40. The summed E-state index contributed by atoms with van der Waals surface area (Å²) in [5.74, 6) is 0.00195. The van der Waals surface area contributed by atoms with Crippen LogP contribution < -0.4 is 0 Å². The number of halogens is 1. The fraction of sp³-hybridized carbons (Fsp3) is 0.455. The molecule has 0 radical (unpaired) electrons. The Balaban J connectivity index is 2.49. The van der Waals surface area contributed by atoms with Crippen molar-refractivity contribution in [2.75, 3.05) is 13.2 Å². The molecule has 78 valence electrons. The molecule has 0 aliphatic heterocycles. The number of hydrogen-bond acceptors (Lipinski definition) is 2. The zero-order chi connectivity index (χ0) is 10.4. The van der Waals surface area contributed by atoms with E-state index >= 15 is 0 Å². The van der Waals surface area contributed by atoms with Gasteiger partial charge >= 0.3 is 0 Å². The van der Waals surface area contributed by atoms with Gasteiger partial charge in [-0.2, -0.15) is 0 Å². The molecule has 0 unspecified atom stereocenters. The maximum Gasteiger partial charge on any atom is 0.0481 e. The Labute approximate surface area is 92.7 Å². The second kappa shape index (κ2) is 6.17. The number of aliphatic hydroxyl groups excluding tert-OH is 2. The van der Waals surface area contributed by atoms with E-state index in [0.29, 0.717) is 0 Å². The van der Waals surface area contributed by atoms with E-state index in [0.717, 1.165) is 17.3 Å². The average molecular weight is 259 g/mol. The zero-order valence-electron chi connectivity index (χ0n) is 7.99. The Kier molecular flexibility index (Phi) is 5.15. The van der Waals surface area contributed by atoms with Gasteiger partial charge < -0.3 is 10.2 Å². The van der Waals surface area contributed by atoms with Gasteiger partial charge in [0.15, 0.2) is 0 Å². The second-order valence-electron chi connectivity index (χ2n) is 3.36. The molecule has 0 aromatic heterocycles. The maximum atomic E-state index is 8.90. The number of rotatable bonds is 5. The molecule has 0 aliphatic rings. The largest absolute Gasteiger partial charge is 0.396 e. The lowest BCUT2D eigenvalue weighted by Crippen LogP contribution is -2.11. The van der Waals surface area contributed by atoms with E-state index in [-0.39, 0.29) is 19.1 Å². The molecule has 3 heteroatoms. The fourth-order valence-corrected chi connectivity index (χ4v) is 1.78. The quantitative estimate of drug-likeness (QED) is 0.848. The van der Waals surface area contributed by atoms with Gasteiger partial charge in [0.2, 0.25) is 0 Å². The standard InChI is InChI=1S/C11H15BrO2/c12-11-4-2-1-3-10(11)6-5-9(7-13)8-14/h1-4,9,13-14H,5-8H2. The Morgan fingerprint density at radius 2 is 1.79 bits per heavy atom. The van der Waals surface area contributed by atoms with Crippen LogP contribution in [0.1, 0.15) is 12.0 Å². The van der Waals surface area contributed by atoms with Crippen LogP contribution in [0.2, 0.25) is 0 Å². The van der Waals surface area contributed by atoms with Gasteiger partial charge in [-0.15, -0.1) is 0 Å². The highest BCUT2D eigenvalue weighted by Gasteiger charge is 2.06. The van der Waals surface area contributed by atoms with Crippen LogP contribution in [0.15, 0.2) is 28.7 Å². The predicted octanol–water partition coefficient (Wildman–Crippen LogP) is 1.98. The van der Waals surface area contributed by atoms with E-state index < -0.39 is 0 Å². The Hall–Kier alpha value is -0.380. The lowest BCUT2D eigenvalue weighted by atomic mass is 10.0. The van der Waals surface area contributed by atoms with E-state index in [1.165, 1.54) is 5.56 Å². The monoisotopic (exact) mass is 258 g/mol. The van der Waals surface area contributed by atoms with Crippen LogP contribution >= 0.6 is 15.9 Å². The molecule has 0 saturated heterocycles. The van der Waals surface area contributed by atoms with Crippen molar-refractivity contribution < 1.29 is 10.2 Å². The highest BCUT2D eigenvalue weighted by atomic mass is 79.9. The van der Waals surface area contributed by atoms with E-state index in [1.807, 2.05) is 18.2 Å². The summed E-state index contributed by atoms with van der Waals surface area (Å²) in [5, 5.41) is 17.8. The van der Waals surface area contributed by atoms with Crippen LogP contribution in [0.25, 0.3) is 0 Å². The van der Waals surface area contributed by atoms with E-state index in [1.54, 1.807) is 0 Å². The van der Waals surface area contributed by atoms with E-state index in [2.05, 4.69) is 22.0 Å². The smallest absolute Gasteiger partial charge is 0.0481 e. The predicted molar refractivity (Wildman–Crippen MR) is 60.1 cm³/mol. The molecule has 0 spiro atoms. The minimum atomic E-state index is 0.00195. The molecule has 1 aromatic rings. The lowest BCUT2D eigenvalue weighted by molar-refractivity contribution is 0.144. The molecule has 0 amide bonds. The topological polar surface area (TPSA) is 40.5 Å². The zero-order valence-corrected chi connectivity index (χ0v) is 9.57. The van der Waals surface area contributed by atoms with Crippen molar-refractivity contribution in [3.63, 3.8) is 0 Å². The molecule has 0 heterocycles. The molecule has 1 rings (SSSR count). The summed E-state index contributed by atoms with van der Waals surface area (Å²) >= 11 is 3.47. The van der Waals surface area contributed by atoms with Crippen molar-refractivity contribution in [2.45, 2.75) is 12.8 Å². The van der Waals surface area contributed by atoms with Crippen LogP contribution in [-0.4, -0.2) is 23.4 Å². The Morgan fingerprint density at radius 1 is 1.14 bits per heavy atom. The summed E-state index contributed by atoms with van der Waals surface area (Å²) in [6.07, 6.45) is 1.70. The van der Waals surface area contributed by atoms with Gasteiger partial charge in [-0.1, -0.05) is 34.1 Å². The number of benzene rings is 1. The lowest BCUT2D eigenvalue weighted by Gasteiger charge is -2.10. The number of hydrogen-bond donors (Lipinski definition) is 2. The molecule has 0 atom stereocenters. The van der Waals surface area contributed by atoms with Crippen molar-refractivity contribution >= 4 is 15.9 Å². The maximum absolute atomic E-state index is 8.90. The van der Waals surface area contributed by atoms with Gasteiger partial charge in [0, 0.05) is 23.6 Å². The molecule has 14 heavy (non-hydrogen) atoms. The van der Waals surface area contributed by atoms with Crippen molar-refractivity contribution in [2.24, 2.45) is 5.92 Å². The van der Waals surface area contributed by atoms with Crippen LogP contribution in [0.4, 0.5) is 0 Å². The summed E-state index contributed by atoms with van der Waals surface area (Å²) in [5.41, 5.74) is 1.22. The first-order chi connectivity index (χ1) is 6.77. The van der Waals surface area contributed by atoms with Crippen LogP contribution in [0.3, 0.4) is 0 Å². The first kappa shape index (κ1) is 11.7. The average Bonchev–Trinajstić information content (AvgIpc) is 2.22. The molecule has 0 aliphatic carbocycles. The Bertz CT molecular complexity index is 272. The third-order valence-corrected chi connectivity index (χ3v) is 3.07. The molecular formula is C11H15BrO2. The Morgan fingerprint density at radius 3 is 2.36 bits per heavy atom. The molecule has 1 aromatic carbocycles. The minimum Gasteiger partial charge on any atom is -0.396 e. The van der Waals surface area contributed by atoms with Crippen molar-refractivity contribution in [1.82, 2.24) is 0 Å². The van der Waals surface area contributed by atoms with Gasteiger partial charge in [0.05, 0.1) is 0 Å². The summed E-state index contributed by atoms with van der Waals surface area (Å²) in [4.78, 5) is 0. The van der Waals surface area contributed by atoms with Crippen LogP contribution in [-0.2, 0) is 6.42 Å². The molecule has 0 saturated carbocycles. The summed E-state index contributed by atoms with van der Waals surface area (Å²) < 4.78 is 1.09.